The van der Waals surface area contributed by atoms with Crippen molar-refractivity contribution >= 4 is 27.5 Å². The number of hydrogen-bond acceptors (Lipinski definition) is 4. The third kappa shape index (κ3) is 6.07. The average molecular weight is 408 g/mol. The fourth-order valence-corrected chi connectivity index (χ4v) is 2.45. The van der Waals surface area contributed by atoms with Crippen molar-refractivity contribution in [2.75, 3.05) is 32.2 Å². The zero-order chi connectivity index (χ0) is 18.1. The van der Waals surface area contributed by atoms with Crippen molar-refractivity contribution in [3.05, 3.63) is 52.5 Å². The van der Waals surface area contributed by atoms with Crippen molar-refractivity contribution in [1.29, 1.82) is 0 Å². The van der Waals surface area contributed by atoms with Crippen LogP contribution in [-0.2, 0) is 4.74 Å². The summed E-state index contributed by atoms with van der Waals surface area (Å²) in [6, 6.07) is 12.6. The Morgan fingerprint density at radius 1 is 1.04 bits per heavy atom. The van der Waals surface area contributed by atoms with E-state index in [1.807, 2.05) is 13.0 Å². The van der Waals surface area contributed by atoms with Crippen molar-refractivity contribution in [2.45, 2.75) is 13.3 Å². The van der Waals surface area contributed by atoms with E-state index in [-0.39, 0.29) is 5.91 Å². The molecule has 1 amide bonds. The van der Waals surface area contributed by atoms with Gasteiger partial charge in [0.2, 0.25) is 0 Å². The molecule has 0 aliphatic carbocycles. The topological polar surface area (TPSA) is 56.8 Å². The first-order valence-corrected chi connectivity index (χ1v) is 8.89. The number of methoxy groups -OCH3 is 1. The fraction of sp³-hybridized carbons (Fsp3) is 0.316. The minimum atomic E-state index is -0.222. The molecule has 1 N–H and O–H groups in total. The molecular weight excluding hydrogens is 386 g/mol. The lowest BCUT2D eigenvalue weighted by Crippen LogP contribution is -2.14. The van der Waals surface area contributed by atoms with Crippen LogP contribution in [0.15, 0.2) is 46.9 Å². The molecule has 5 nitrogen and oxygen atoms in total. The van der Waals surface area contributed by atoms with Crippen molar-refractivity contribution in [3.63, 3.8) is 0 Å². The molecule has 0 fully saturated rings. The molecule has 2 aromatic carbocycles. The van der Waals surface area contributed by atoms with E-state index in [4.69, 9.17) is 14.2 Å². The summed E-state index contributed by atoms with van der Waals surface area (Å²) in [5.74, 6) is 1.08. The van der Waals surface area contributed by atoms with Crippen LogP contribution in [0.2, 0.25) is 0 Å². The molecule has 0 aromatic heterocycles. The van der Waals surface area contributed by atoms with Crippen LogP contribution in [0.25, 0.3) is 0 Å². The van der Waals surface area contributed by atoms with Gasteiger partial charge in [0, 0.05) is 17.3 Å². The van der Waals surface area contributed by atoms with Gasteiger partial charge in [0.1, 0.15) is 18.1 Å². The van der Waals surface area contributed by atoms with Crippen LogP contribution in [0.3, 0.4) is 0 Å². The SMILES string of the molecule is CCCOc1ccc(Br)cc1C(=O)Nc1ccc(OCCOC)cc1. The van der Waals surface area contributed by atoms with Gasteiger partial charge in [-0.1, -0.05) is 22.9 Å². The van der Waals surface area contributed by atoms with Gasteiger partial charge < -0.3 is 19.5 Å². The monoisotopic (exact) mass is 407 g/mol. The van der Waals surface area contributed by atoms with E-state index in [0.717, 1.165) is 16.6 Å². The van der Waals surface area contributed by atoms with Crippen LogP contribution in [0.4, 0.5) is 5.69 Å². The predicted molar refractivity (Wildman–Crippen MR) is 102 cm³/mol. The lowest BCUT2D eigenvalue weighted by Gasteiger charge is -2.12. The molecule has 2 rings (SSSR count). The Kier molecular flexibility index (Phi) is 7.76. The first-order chi connectivity index (χ1) is 12.1. The van der Waals surface area contributed by atoms with Crippen LogP contribution in [0, 0.1) is 0 Å². The maximum Gasteiger partial charge on any atom is 0.259 e. The third-order valence-electron chi connectivity index (χ3n) is 3.32. The van der Waals surface area contributed by atoms with Crippen molar-refractivity contribution in [3.8, 4) is 11.5 Å². The number of hydrogen-bond donors (Lipinski definition) is 1. The number of ether oxygens (including phenoxy) is 3. The Morgan fingerprint density at radius 2 is 1.80 bits per heavy atom. The highest BCUT2D eigenvalue weighted by molar-refractivity contribution is 9.10. The molecule has 2 aromatic rings. The average Bonchev–Trinajstić information content (AvgIpc) is 2.62. The van der Waals surface area contributed by atoms with Gasteiger partial charge in [0.25, 0.3) is 5.91 Å². The zero-order valence-corrected chi connectivity index (χ0v) is 16.0. The lowest BCUT2D eigenvalue weighted by atomic mass is 10.2. The van der Waals surface area contributed by atoms with E-state index in [0.29, 0.717) is 36.8 Å². The van der Waals surface area contributed by atoms with E-state index in [9.17, 15) is 4.79 Å². The Balaban J connectivity index is 2.05. The highest BCUT2D eigenvalue weighted by atomic mass is 79.9. The summed E-state index contributed by atoms with van der Waals surface area (Å²) >= 11 is 3.40. The first kappa shape index (κ1) is 19.3. The number of carbonyl (C=O) groups excluding carboxylic acids is 1. The Labute approximate surface area is 156 Å². The summed E-state index contributed by atoms with van der Waals surface area (Å²) in [7, 11) is 1.63. The smallest absolute Gasteiger partial charge is 0.259 e. The number of rotatable bonds is 9. The molecule has 134 valence electrons. The molecule has 0 radical (unpaired) electrons. The fourth-order valence-electron chi connectivity index (χ4n) is 2.09. The van der Waals surface area contributed by atoms with Crippen molar-refractivity contribution < 1.29 is 19.0 Å². The molecule has 0 spiro atoms. The van der Waals surface area contributed by atoms with Crippen LogP contribution in [0.5, 0.6) is 11.5 Å². The number of benzene rings is 2. The normalized spacial score (nSPS) is 10.4. The quantitative estimate of drug-likeness (QED) is 0.620. The largest absolute Gasteiger partial charge is 0.493 e. The van der Waals surface area contributed by atoms with Gasteiger partial charge in [-0.2, -0.15) is 0 Å². The number of anilines is 1. The minimum absolute atomic E-state index is 0.222. The molecule has 25 heavy (non-hydrogen) atoms. The van der Waals surface area contributed by atoms with E-state index in [2.05, 4.69) is 21.2 Å². The maximum absolute atomic E-state index is 12.6. The van der Waals surface area contributed by atoms with Crippen LogP contribution in [-0.4, -0.2) is 32.8 Å². The summed E-state index contributed by atoms with van der Waals surface area (Å²) in [5.41, 5.74) is 1.17. The van der Waals surface area contributed by atoms with Crippen LogP contribution in [0.1, 0.15) is 23.7 Å². The second kappa shape index (κ2) is 10.1. The molecule has 0 unspecified atom stereocenters. The maximum atomic E-state index is 12.6. The summed E-state index contributed by atoms with van der Waals surface area (Å²) in [6.07, 6.45) is 0.877. The zero-order valence-electron chi connectivity index (χ0n) is 14.4. The predicted octanol–water partition coefficient (Wildman–Crippen LogP) is 4.52. The highest BCUT2D eigenvalue weighted by Gasteiger charge is 2.13. The van der Waals surface area contributed by atoms with Gasteiger partial charge in [-0.25, -0.2) is 0 Å². The highest BCUT2D eigenvalue weighted by Crippen LogP contribution is 2.25. The minimum Gasteiger partial charge on any atom is -0.493 e. The Morgan fingerprint density at radius 3 is 2.48 bits per heavy atom. The van der Waals surface area contributed by atoms with E-state index in [1.54, 1.807) is 43.5 Å². The summed E-state index contributed by atoms with van der Waals surface area (Å²) < 4.78 is 16.9. The van der Waals surface area contributed by atoms with Crippen LogP contribution < -0.4 is 14.8 Å². The molecule has 0 atom stereocenters. The molecule has 6 heteroatoms. The van der Waals surface area contributed by atoms with Gasteiger partial charge in [-0.05, 0) is 48.9 Å². The van der Waals surface area contributed by atoms with E-state index < -0.39 is 0 Å². The molecule has 0 saturated carbocycles. The molecule has 0 aliphatic rings. The number of carbonyl (C=O) groups is 1. The second-order valence-electron chi connectivity index (χ2n) is 5.31. The summed E-state index contributed by atoms with van der Waals surface area (Å²) in [4.78, 5) is 12.6. The van der Waals surface area contributed by atoms with Gasteiger partial charge in [-0.3, -0.25) is 4.79 Å². The van der Waals surface area contributed by atoms with E-state index >= 15 is 0 Å². The van der Waals surface area contributed by atoms with Gasteiger partial charge in [0.05, 0.1) is 18.8 Å². The summed E-state index contributed by atoms with van der Waals surface area (Å²) in [5, 5.41) is 2.88. The molecule has 0 saturated heterocycles. The number of halogens is 1. The second-order valence-corrected chi connectivity index (χ2v) is 6.22. The van der Waals surface area contributed by atoms with Gasteiger partial charge in [0.15, 0.2) is 0 Å². The molecule has 0 aliphatic heterocycles. The Bertz CT molecular complexity index is 688. The van der Waals surface area contributed by atoms with Crippen LogP contribution >= 0.6 is 15.9 Å². The number of amides is 1. The standard InChI is InChI=1S/C19H22BrNO4/c1-3-10-25-18-9-4-14(20)13-17(18)19(22)21-15-5-7-16(8-6-15)24-12-11-23-2/h4-9,13H,3,10-12H2,1-2H3,(H,21,22). The first-order valence-electron chi connectivity index (χ1n) is 8.09. The van der Waals surface area contributed by atoms with Crippen molar-refractivity contribution in [2.24, 2.45) is 0 Å². The summed E-state index contributed by atoms with van der Waals surface area (Å²) in [6.45, 7) is 3.60. The van der Waals surface area contributed by atoms with Crippen molar-refractivity contribution in [1.82, 2.24) is 0 Å². The third-order valence-corrected chi connectivity index (χ3v) is 3.81. The van der Waals surface area contributed by atoms with E-state index in [1.165, 1.54) is 0 Å². The number of nitrogens with one attached hydrogen (secondary N) is 1. The molecule has 0 heterocycles. The Hall–Kier alpha value is -2.05. The lowest BCUT2D eigenvalue weighted by molar-refractivity contribution is 0.102. The molecule has 0 bridgehead atoms. The van der Waals surface area contributed by atoms with Gasteiger partial charge in [-0.15, -0.1) is 0 Å². The molecular formula is C19H22BrNO4. The van der Waals surface area contributed by atoms with Gasteiger partial charge >= 0.3 is 0 Å².